The summed E-state index contributed by atoms with van der Waals surface area (Å²) in [6.45, 7) is 2.90. The number of nitrogens with one attached hydrogen (secondary N) is 1. The molecule has 0 aromatic carbocycles. The second-order valence-corrected chi connectivity index (χ2v) is 6.86. The average Bonchev–Trinajstić information content (AvgIpc) is 2.87. The van der Waals surface area contributed by atoms with Crippen LogP contribution in [0.4, 0.5) is 0 Å². The summed E-state index contributed by atoms with van der Waals surface area (Å²) in [5.41, 5.74) is 0. The van der Waals surface area contributed by atoms with Gasteiger partial charge in [0.05, 0.1) is 23.8 Å². The van der Waals surface area contributed by atoms with Gasteiger partial charge in [-0.05, 0) is 37.4 Å². The molecule has 2 rings (SSSR count). The Morgan fingerprint density at radius 2 is 2.41 bits per heavy atom. The maximum absolute atomic E-state index is 11.4. The first-order valence-electron chi connectivity index (χ1n) is 6.08. The van der Waals surface area contributed by atoms with Gasteiger partial charge in [0.15, 0.2) is 9.84 Å². The summed E-state index contributed by atoms with van der Waals surface area (Å²) in [6, 6.07) is 3.94. The second-order valence-electron chi connectivity index (χ2n) is 4.63. The number of sulfone groups is 1. The summed E-state index contributed by atoms with van der Waals surface area (Å²) in [5.74, 6) is 1.83. The quantitative estimate of drug-likeness (QED) is 0.873. The topological polar surface area (TPSA) is 59.3 Å². The summed E-state index contributed by atoms with van der Waals surface area (Å²) in [7, 11) is -2.78. The van der Waals surface area contributed by atoms with Gasteiger partial charge in [-0.3, -0.25) is 0 Å². The predicted molar refractivity (Wildman–Crippen MR) is 66.5 cm³/mol. The molecule has 0 saturated carbocycles. The molecule has 1 aliphatic rings. The lowest BCUT2D eigenvalue weighted by Gasteiger charge is -2.18. The molecule has 0 aliphatic carbocycles. The van der Waals surface area contributed by atoms with Gasteiger partial charge in [0.25, 0.3) is 0 Å². The highest BCUT2D eigenvalue weighted by atomic mass is 32.2. The van der Waals surface area contributed by atoms with Crippen molar-refractivity contribution >= 4 is 9.84 Å². The molecule has 5 heteroatoms. The molecule has 4 nitrogen and oxygen atoms in total. The smallest absolute Gasteiger partial charge is 0.150 e. The molecule has 2 unspecified atom stereocenters. The van der Waals surface area contributed by atoms with Crippen LogP contribution in [0.5, 0.6) is 0 Å². The maximum Gasteiger partial charge on any atom is 0.150 e. The fraction of sp³-hybridized carbons (Fsp3) is 0.667. The van der Waals surface area contributed by atoms with E-state index >= 15 is 0 Å². The van der Waals surface area contributed by atoms with E-state index in [0.717, 1.165) is 25.1 Å². The molecule has 2 atom stereocenters. The lowest BCUT2D eigenvalue weighted by molar-refractivity contribution is 0.358. The van der Waals surface area contributed by atoms with Gasteiger partial charge in [-0.25, -0.2) is 8.42 Å². The molecular formula is C12H19NO3S. The summed E-state index contributed by atoms with van der Waals surface area (Å²) >= 11 is 0. The van der Waals surface area contributed by atoms with Crippen LogP contribution in [0.3, 0.4) is 0 Å². The minimum Gasteiger partial charge on any atom is -0.468 e. The van der Waals surface area contributed by atoms with E-state index in [-0.39, 0.29) is 12.0 Å². The molecule has 1 aromatic heterocycles. The number of furan rings is 1. The minimum absolute atomic E-state index is 0.133. The van der Waals surface area contributed by atoms with Gasteiger partial charge < -0.3 is 9.73 Å². The van der Waals surface area contributed by atoms with Crippen molar-refractivity contribution in [3.8, 4) is 0 Å². The zero-order valence-electron chi connectivity index (χ0n) is 10.1. The van der Waals surface area contributed by atoms with Gasteiger partial charge in [-0.1, -0.05) is 6.92 Å². The van der Waals surface area contributed by atoms with Gasteiger partial charge >= 0.3 is 0 Å². The van der Waals surface area contributed by atoms with Crippen molar-refractivity contribution in [2.24, 2.45) is 5.92 Å². The zero-order valence-corrected chi connectivity index (χ0v) is 10.9. The monoisotopic (exact) mass is 257 g/mol. The standard InChI is InChI=1S/C12H19NO3S/c1-2-13-11(12-4-3-6-16-12)8-10-5-7-17(14,15)9-10/h3-4,6,10-11,13H,2,5,7-9H2,1H3. The third-order valence-corrected chi connectivity index (χ3v) is 5.07. The van der Waals surface area contributed by atoms with Gasteiger partial charge in [-0.15, -0.1) is 0 Å². The highest BCUT2D eigenvalue weighted by molar-refractivity contribution is 7.91. The average molecular weight is 257 g/mol. The Labute approximate surface area is 102 Å². The van der Waals surface area contributed by atoms with Crippen LogP contribution in [0.2, 0.25) is 0 Å². The first kappa shape index (κ1) is 12.6. The predicted octanol–water partition coefficient (Wildman–Crippen LogP) is 1.76. The van der Waals surface area contributed by atoms with Crippen LogP contribution in [0, 0.1) is 5.92 Å². The molecule has 1 fully saturated rings. The molecule has 1 aromatic rings. The SMILES string of the molecule is CCNC(CC1CCS(=O)(=O)C1)c1ccco1. The molecular weight excluding hydrogens is 238 g/mol. The van der Waals surface area contributed by atoms with E-state index in [1.54, 1.807) is 6.26 Å². The largest absolute Gasteiger partial charge is 0.468 e. The first-order valence-corrected chi connectivity index (χ1v) is 7.90. The normalized spacial score (nSPS) is 24.9. The molecule has 0 amide bonds. The van der Waals surface area contributed by atoms with E-state index in [1.165, 1.54) is 0 Å². The van der Waals surface area contributed by atoms with Crippen molar-refractivity contribution in [2.75, 3.05) is 18.1 Å². The number of hydrogen-bond donors (Lipinski definition) is 1. The van der Waals surface area contributed by atoms with Crippen LogP contribution in [0.25, 0.3) is 0 Å². The second kappa shape index (κ2) is 5.23. The molecule has 1 saturated heterocycles. The van der Waals surface area contributed by atoms with Crippen LogP contribution < -0.4 is 5.32 Å². The van der Waals surface area contributed by atoms with Crippen molar-refractivity contribution in [2.45, 2.75) is 25.8 Å². The van der Waals surface area contributed by atoms with Gasteiger partial charge in [0, 0.05) is 0 Å². The summed E-state index contributed by atoms with van der Waals surface area (Å²) < 4.78 is 28.2. The van der Waals surface area contributed by atoms with Crippen molar-refractivity contribution in [3.63, 3.8) is 0 Å². The van der Waals surface area contributed by atoms with Crippen LogP contribution in [-0.2, 0) is 9.84 Å². The lowest BCUT2D eigenvalue weighted by Crippen LogP contribution is -2.23. The zero-order chi connectivity index (χ0) is 12.3. The highest BCUT2D eigenvalue weighted by Gasteiger charge is 2.30. The van der Waals surface area contributed by atoms with Crippen LogP contribution in [0.15, 0.2) is 22.8 Å². The van der Waals surface area contributed by atoms with Gasteiger partial charge in [0.2, 0.25) is 0 Å². The van der Waals surface area contributed by atoms with Gasteiger partial charge in [0.1, 0.15) is 5.76 Å². The van der Waals surface area contributed by atoms with Crippen molar-refractivity contribution < 1.29 is 12.8 Å². The Morgan fingerprint density at radius 3 is 2.94 bits per heavy atom. The Morgan fingerprint density at radius 1 is 1.59 bits per heavy atom. The Bertz CT molecular complexity index is 438. The summed E-state index contributed by atoms with van der Waals surface area (Å²) in [6.07, 6.45) is 3.27. The number of rotatable bonds is 5. The molecule has 2 heterocycles. The van der Waals surface area contributed by atoms with Crippen LogP contribution in [0.1, 0.15) is 31.6 Å². The van der Waals surface area contributed by atoms with E-state index in [0.29, 0.717) is 11.5 Å². The fourth-order valence-corrected chi connectivity index (χ4v) is 4.31. The Hall–Kier alpha value is -0.810. The third-order valence-electron chi connectivity index (χ3n) is 3.23. The molecule has 1 aliphatic heterocycles. The Balaban J connectivity index is 1.99. The lowest BCUT2D eigenvalue weighted by atomic mass is 9.98. The summed E-state index contributed by atoms with van der Waals surface area (Å²) in [4.78, 5) is 0. The highest BCUT2D eigenvalue weighted by Crippen LogP contribution is 2.29. The molecule has 0 bridgehead atoms. The van der Waals surface area contributed by atoms with Crippen molar-refractivity contribution in [1.82, 2.24) is 5.32 Å². The maximum atomic E-state index is 11.4. The molecule has 0 radical (unpaired) electrons. The van der Waals surface area contributed by atoms with E-state index < -0.39 is 9.84 Å². The van der Waals surface area contributed by atoms with E-state index in [9.17, 15) is 8.42 Å². The van der Waals surface area contributed by atoms with Crippen LogP contribution >= 0.6 is 0 Å². The van der Waals surface area contributed by atoms with Crippen LogP contribution in [-0.4, -0.2) is 26.5 Å². The molecule has 1 N–H and O–H groups in total. The summed E-state index contributed by atoms with van der Waals surface area (Å²) in [5, 5.41) is 3.35. The molecule has 17 heavy (non-hydrogen) atoms. The molecule has 96 valence electrons. The van der Waals surface area contributed by atoms with Crippen molar-refractivity contribution in [1.29, 1.82) is 0 Å². The van der Waals surface area contributed by atoms with E-state index in [4.69, 9.17) is 4.42 Å². The van der Waals surface area contributed by atoms with E-state index in [1.807, 2.05) is 19.1 Å². The third kappa shape index (κ3) is 3.33. The first-order chi connectivity index (χ1) is 8.11. The van der Waals surface area contributed by atoms with E-state index in [2.05, 4.69) is 5.32 Å². The Kier molecular flexibility index (Phi) is 3.89. The number of hydrogen-bond acceptors (Lipinski definition) is 4. The fourth-order valence-electron chi connectivity index (χ4n) is 2.43. The minimum atomic E-state index is -2.78. The van der Waals surface area contributed by atoms with Crippen molar-refractivity contribution in [3.05, 3.63) is 24.2 Å². The molecule has 0 spiro atoms. The van der Waals surface area contributed by atoms with Gasteiger partial charge in [-0.2, -0.15) is 0 Å².